The molecule has 27 heavy (non-hydrogen) atoms. The van der Waals surface area contributed by atoms with Crippen molar-refractivity contribution in [2.75, 3.05) is 20.8 Å². The highest BCUT2D eigenvalue weighted by Gasteiger charge is 2.05. The molecule has 8 nitrogen and oxygen atoms in total. The Bertz CT molecular complexity index is 735. The molecule has 0 fully saturated rings. The standard InChI is InChI=1S/C19H25N3O5/c1-14(2)10-18(22-25-5)15(3)21-27-12-17-9-7-6-8-16(17)11-20-26-13-19(23)24-4/h6-11H,12-13H2,1-5H3/b20-11+,21-15+,22-18+. The van der Waals surface area contributed by atoms with E-state index in [1.807, 2.05) is 44.2 Å². The van der Waals surface area contributed by atoms with E-state index in [-0.39, 0.29) is 13.2 Å². The number of rotatable bonds is 10. The average Bonchev–Trinajstić information content (AvgIpc) is 2.65. The summed E-state index contributed by atoms with van der Waals surface area (Å²) in [6.45, 7) is 5.67. The second-order valence-electron chi connectivity index (χ2n) is 5.61. The molecule has 1 aromatic rings. The van der Waals surface area contributed by atoms with E-state index in [1.54, 1.807) is 6.92 Å². The van der Waals surface area contributed by atoms with Gasteiger partial charge in [-0.2, -0.15) is 0 Å². The Morgan fingerprint density at radius 2 is 1.81 bits per heavy atom. The second-order valence-corrected chi connectivity index (χ2v) is 5.61. The van der Waals surface area contributed by atoms with Gasteiger partial charge in [-0.3, -0.25) is 0 Å². The summed E-state index contributed by atoms with van der Waals surface area (Å²) < 4.78 is 4.47. The van der Waals surface area contributed by atoms with Gasteiger partial charge in [-0.25, -0.2) is 4.79 Å². The van der Waals surface area contributed by atoms with Crippen molar-refractivity contribution in [3.8, 4) is 0 Å². The van der Waals surface area contributed by atoms with Crippen LogP contribution in [0.25, 0.3) is 0 Å². The number of oxime groups is 3. The number of carbonyl (C=O) groups excluding carboxylic acids is 1. The van der Waals surface area contributed by atoms with Crippen molar-refractivity contribution in [2.45, 2.75) is 27.4 Å². The lowest BCUT2D eigenvalue weighted by atomic mass is 10.1. The molecule has 146 valence electrons. The Balaban J connectivity index is 2.74. The van der Waals surface area contributed by atoms with Gasteiger partial charge in [0.2, 0.25) is 6.61 Å². The minimum Gasteiger partial charge on any atom is -0.466 e. The first-order valence-electron chi connectivity index (χ1n) is 8.21. The first-order chi connectivity index (χ1) is 13.0. The third-order valence-corrected chi connectivity index (χ3v) is 3.14. The fraction of sp³-hybridized carbons (Fsp3) is 0.368. The topological polar surface area (TPSA) is 91.1 Å². The maximum Gasteiger partial charge on any atom is 0.346 e. The van der Waals surface area contributed by atoms with Crippen LogP contribution in [0, 0.1) is 0 Å². The highest BCUT2D eigenvalue weighted by molar-refractivity contribution is 6.45. The fourth-order valence-corrected chi connectivity index (χ4v) is 1.85. The maximum atomic E-state index is 11.0. The monoisotopic (exact) mass is 375 g/mol. The van der Waals surface area contributed by atoms with Gasteiger partial charge < -0.3 is 19.2 Å². The van der Waals surface area contributed by atoms with Gasteiger partial charge in [0.05, 0.1) is 13.3 Å². The van der Waals surface area contributed by atoms with Crippen LogP contribution in [0.4, 0.5) is 0 Å². The van der Waals surface area contributed by atoms with Gasteiger partial charge in [0.15, 0.2) is 0 Å². The maximum absolute atomic E-state index is 11.0. The average molecular weight is 375 g/mol. The van der Waals surface area contributed by atoms with Crippen LogP contribution in [0.3, 0.4) is 0 Å². The van der Waals surface area contributed by atoms with Gasteiger partial charge in [0.1, 0.15) is 25.1 Å². The molecular formula is C19H25N3O5. The molecular weight excluding hydrogens is 350 g/mol. The van der Waals surface area contributed by atoms with E-state index >= 15 is 0 Å². The zero-order valence-corrected chi connectivity index (χ0v) is 16.3. The Kier molecular flexibility index (Phi) is 9.92. The Labute approximate surface area is 159 Å². The van der Waals surface area contributed by atoms with Crippen molar-refractivity contribution >= 4 is 23.6 Å². The summed E-state index contributed by atoms with van der Waals surface area (Å²) >= 11 is 0. The Hall–Kier alpha value is -3.16. The largest absolute Gasteiger partial charge is 0.466 e. The number of ether oxygens (including phenoxy) is 1. The van der Waals surface area contributed by atoms with E-state index in [1.165, 1.54) is 20.4 Å². The number of hydrogen-bond donors (Lipinski definition) is 0. The third kappa shape index (κ3) is 8.66. The predicted molar refractivity (Wildman–Crippen MR) is 104 cm³/mol. The van der Waals surface area contributed by atoms with Crippen molar-refractivity contribution in [1.29, 1.82) is 0 Å². The van der Waals surface area contributed by atoms with Gasteiger partial charge in [0.25, 0.3) is 0 Å². The van der Waals surface area contributed by atoms with Gasteiger partial charge in [-0.05, 0) is 26.8 Å². The van der Waals surface area contributed by atoms with Crippen molar-refractivity contribution in [3.63, 3.8) is 0 Å². The highest BCUT2D eigenvalue weighted by Crippen LogP contribution is 2.09. The van der Waals surface area contributed by atoms with Crippen molar-refractivity contribution in [3.05, 3.63) is 47.0 Å². The first kappa shape index (κ1) is 21.9. The van der Waals surface area contributed by atoms with Crippen molar-refractivity contribution < 1.29 is 24.0 Å². The molecule has 0 radical (unpaired) electrons. The van der Waals surface area contributed by atoms with Crippen molar-refractivity contribution in [1.82, 2.24) is 0 Å². The van der Waals surface area contributed by atoms with E-state index in [0.29, 0.717) is 11.4 Å². The number of benzene rings is 1. The first-order valence-corrected chi connectivity index (χ1v) is 8.21. The van der Waals surface area contributed by atoms with Crippen LogP contribution < -0.4 is 0 Å². The molecule has 0 aromatic heterocycles. The van der Waals surface area contributed by atoms with Crippen LogP contribution in [0.1, 0.15) is 31.9 Å². The molecule has 0 bridgehead atoms. The van der Waals surface area contributed by atoms with E-state index < -0.39 is 5.97 Å². The van der Waals surface area contributed by atoms with Crippen molar-refractivity contribution in [2.24, 2.45) is 15.5 Å². The molecule has 0 heterocycles. The summed E-state index contributed by atoms with van der Waals surface area (Å²) in [5.74, 6) is -0.501. The summed E-state index contributed by atoms with van der Waals surface area (Å²) in [5, 5.41) is 11.8. The minimum absolute atomic E-state index is 0.228. The summed E-state index contributed by atoms with van der Waals surface area (Å²) in [7, 11) is 2.76. The third-order valence-electron chi connectivity index (χ3n) is 3.14. The van der Waals surface area contributed by atoms with Gasteiger partial charge >= 0.3 is 5.97 Å². The van der Waals surface area contributed by atoms with Gasteiger partial charge in [-0.15, -0.1) is 0 Å². The van der Waals surface area contributed by atoms with Gasteiger partial charge in [0, 0.05) is 11.1 Å². The zero-order valence-electron chi connectivity index (χ0n) is 16.3. The number of esters is 1. The van der Waals surface area contributed by atoms with E-state index in [0.717, 1.165) is 16.7 Å². The molecule has 0 unspecified atom stereocenters. The molecule has 8 heteroatoms. The minimum atomic E-state index is -0.501. The molecule has 0 N–H and O–H groups in total. The summed E-state index contributed by atoms with van der Waals surface area (Å²) in [6.07, 6.45) is 3.35. The van der Waals surface area contributed by atoms with E-state index in [4.69, 9.17) is 14.5 Å². The predicted octanol–water partition coefficient (Wildman–Crippen LogP) is 3.07. The Morgan fingerprint density at radius 3 is 2.48 bits per heavy atom. The number of methoxy groups -OCH3 is 1. The van der Waals surface area contributed by atoms with Crippen LogP contribution in [0.5, 0.6) is 0 Å². The van der Waals surface area contributed by atoms with E-state index in [2.05, 4.69) is 20.2 Å². The molecule has 0 aliphatic heterocycles. The highest BCUT2D eigenvalue weighted by atomic mass is 16.6. The van der Waals surface area contributed by atoms with Crippen LogP contribution in [0.2, 0.25) is 0 Å². The molecule has 0 saturated carbocycles. The SMILES string of the molecule is CO/N=C(C=C(C)C)/C(C)=N/OCc1ccccc1/C=N/OCC(=O)OC. The second kappa shape index (κ2) is 12.2. The Morgan fingerprint density at radius 1 is 1.07 bits per heavy atom. The summed E-state index contributed by atoms with van der Waals surface area (Å²) in [4.78, 5) is 26.1. The molecule has 0 aliphatic rings. The molecule has 0 atom stereocenters. The molecule has 0 spiro atoms. The number of allylic oxidation sites excluding steroid dienone is 2. The zero-order chi connectivity index (χ0) is 20.1. The molecule has 1 aromatic carbocycles. The lowest BCUT2D eigenvalue weighted by molar-refractivity contribution is -0.145. The lowest BCUT2D eigenvalue weighted by Crippen LogP contribution is -2.09. The number of nitrogens with zero attached hydrogens (tertiary/aromatic N) is 3. The quantitative estimate of drug-likeness (QED) is 0.356. The lowest BCUT2D eigenvalue weighted by Gasteiger charge is -2.06. The van der Waals surface area contributed by atoms with Crippen LogP contribution in [-0.2, 0) is 30.7 Å². The smallest absolute Gasteiger partial charge is 0.346 e. The normalized spacial score (nSPS) is 11.9. The van der Waals surface area contributed by atoms with Crippen LogP contribution in [-0.4, -0.2) is 44.4 Å². The van der Waals surface area contributed by atoms with Crippen LogP contribution in [0.15, 0.2) is 51.4 Å². The molecule has 0 saturated heterocycles. The van der Waals surface area contributed by atoms with E-state index in [9.17, 15) is 4.79 Å². The van der Waals surface area contributed by atoms with Crippen LogP contribution >= 0.6 is 0 Å². The van der Waals surface area contributed by atoms with Gasteiger partial charge in [-0.1, -0.05) is 45.3 Å². The summed E-state index contributed by atoms with van der Waals surface area (Å²) in [5.41, 5.74) is 3.88. The fourth-order valence-electron chi connectivity index (χ4n) is 1.85. The molecule has 0 amide bonds. The number of hydrogen-bond acceptors (Lipinski definition) is 8. The molecule has 0 aliphatic carbocycles. The molecule has 1 rings (SSSR count). The summed E-state index contributed by atoms with van der Waals surface area (Å²) in [6, 6.07) is 7.47. The number of carbonyl (C=O) groups is 1.